The van der Waals surface area contributed by atoms with E-state index in [2.05, 4.69) is 4.84 Å². The standard InChI is InChI=1S/C6H8N2O2/c7-8(9)10-6-4-2-1-3-5-6/h1-5,9H,7H2. The molecule has 0 fully saturated rings. The van der Waals surface area contributed by atoms with Crippen LogP contribution in [0.15, 0.2) is 30.3 Å². The molecule has 1 aromatic rings. The van der Waals surface area contributed by atoms with Crippen molar-refractivity contribution in [2.75, 3.05) is 0 Å². The van der Waals surface area contributed by atoms with Crippen LogP contribution in [0.1, 0.15) is 0 Å². The molecule has 0 atom stereocenters. The first-order valence-electron chi connectivity index (χ1n) is 2.76. The maximum absolute atomic E-state index is 8.39. The van der Waals surface area contributed by atoms with E-state index >= 15 is 0 Å². The summed E-state index contributed by atoms with van der Waals surface area (Å²) < 4.78 is 0. The number of hydrogen-bond acceptors (Lipinski definition) is 4. The maximum atomic E-state index is 8.39. The summed E-state index contributed by atoms with van der Waals surface area (Å²) in [6, 6.07) is 8.74. The van der Waals surface area contributed by atoms with Crippen LogP contribution >= 0.6 is 0 Å². The highest BCUT2D eigenvalue weighted by Crippen LogP contribution is 2.07. The molecule has 54 valence electrons. The van der Waals surface area contributed by atoms with Crippen molar-refractivity contribution < 1.29 is 10.0 Å². The zero-order valence-corrected chi connectivity index (χ0v) is 5.27. The minimum Gasteiger partial charge on any atom is -0.366 e. The molecule has 0 radical (unpaired) electrons. The van der Waals surface area contributed by atoms with Crippen molar-refractivity contribution in [1.29, 1.82) is 0 Å². The third kappa shape index (κ3) is 2.02. The number of hydrogen-bond donors (Lipinski definition) is 2. The third-order valence-corrected chi connectivity index (χ3v) is 0.942. The van der Waals surface area contributed by atoms with Gasteiger partial charge in [-0.25, -0.2) is 5.84 Å². The molecule has 0 spiro atoms. The van der Waals surface area contributed by atoms with Gasteiger partial charge in [-0.3, -0.25) is 5.21 Å². The average molecular weight is 140 g/mol. The second kappa shape index (κ2) is 3.17. The van der Waals surface area contributed by atoms with Gasteiger partial charge in [0.25, 0.3) is 0 Å². The molecule has 0 unspecified atom stereocenters. The monoisotopic (exact) mass is 140 g/mol. The third-order valence-electron chi connectivity index (χ3n) is 0.942. The number of hydrazine groups is 1. The summed E-state index contributed by atoms with van der Waals surface area (Å²) in [4.78, 5) is 4.58. The molecule has 0 aliphatic rings. The maximum Gasteiger partial charge on any atom is 0.152 e. The van der Waals surface area contributed by atoms with Gasteiger partial charge in [0.15, 0.2) is 5.75 Å². The summed E-state index contributed by atoms with van der Waals surface area (Å²) in [6.07, 6.45) is 0. The Morgan fingerprint density at radius 2 is 1.90 bits per heavy atom. The first-order valence-corrected chi connectivity index (χ1v) is 2.76. The van der Waals surface area contributed by atoms with Crippen LogP contribution in [-0.2, 0) is 0 Å². The lowest BCUT2D eigenvalue weighted by molar-refractivity contribution is -0.285. The zero-order valence-electron chi connectivity index (χ0n) is 5.27. The SMILES string of the molecule is NN(O)Oc1ccccc1. The normalized spacial score (nSPS) is 9.90. The van der Waals surface area contributed by atoms with E-state index in [-0.39, 0.29) is 5.34 Å². The molecule has 0 saturated carbocycles. The number of rotatable bonds is 2. The minimum absolute atomic E-state index is 0.162. The fraction of sp³-hybridized carbons (Fsp3) is 0. The molecule has 10 heavy (non-hydrogen) atoms. The summed E-state index contributed by atoms with van der Waals surface area (Å²) >= 11 is 0. The Morgan fingerprint density at radius 1 is 1.30 bits per heavy atom. The predicted octanol–water partition coefficient (Wildman–Crippen LogP) is 0.545. The van der Waals surface area contributed by atoms with Gasteiger partial charge in [0.05, 0.1) is 5.34 Å². The first kappa shape index (κ1) is 7.01. The predicted molar refractivity (Wildman–Crippen MR) is 34.9 cm³/mol. The Hall–Kier alpha value is -1.10. The van der Waals surface area contributed by atoms with Crippen molar-refractivity contribution in [3.05, 3.63) is 30.3 Å². The number of benzene rings is 1. The van der Waals surface area contributed by atoms with Crippen LogP contribution in [0, 0.1) is 0 Å². The molecule has 4 nitrogen and oxygen atoms in total. The Bertz CT molecular complexity index is 188. The van der Waals surface area contributed by atoms with Gasteiger partial charge in [0, 0.05) is 0 Å². The summed E-state index contributed by atoms with van der Waals surface area (Å²) in [5, 5.41) is 8.56. The topological polar surface area (TPSA) is 58.7 Å². The fourth-order valence-corrected chi connectivity index (χ4v) is 0.589. The Labute approximate surface area is 58.3 Å². The van der Waals surface area contributed by atoms with Gasteiger partial charge in [0.2, 0.25) is 0 Å². The Morgan fingerprint density at radius 3 is 2.40 bits per heavy atom. The lowest BCUT2D eigenvalue weighted by Crippen LogP contribution is -2.30. The van der Waals surface area contributed by atoms with Crippen LogP contribution in [-0.4, -0.2) is 10.5 Å². The van der Waals surface area contributed by atoms with Crippen molar-refractivity contribution in [2.45, 2.75) is 0 Å². The van der Waals surface area contributed by atoms with Gasteiger partial charge in [-0.1, -0.05) is 18.2 Å². The molecule has 0 saturated heterocycles. The van der Waals surface area contributed by atoms with Gasteiger partial charge in [-0.05, 0) is 12.1 Å². The van der Waals surface area contributed by atoms with Gasteiger partial charge in [-0.15, -0.1) is 0 Å². The van der Waals surface area contributed by atoms with Crippen LogP contribution in [0.25, 0.3) is 0 Å². The van der Waals surface area contributed by atoms with E-state index in [1.54, 1.807) is 24.3 Å². The fourth-order valence-electron chi connectivity index (χ4n) is 0.589. The van der Waals surface area contributed by atoms with E-state index in [1.165, 1.54) is 0 Å². The summed E-state index contributed by atoms with van der Waals surface area (Å²) in [5.41, 5.74) is 0. The van der Waals surface area contributed by atoms with Gasteiger partial charge in [0.1, 0.15) is 0 Å². The van der Waals surface area contributed by atoms with Gasteiger partial charge in [-0.2, -0.15) is 0 Å². The molecule has 0 amide bonds. The smallest absolute Gasteiger partial charge is 0.152 e. The molecule has 4 heteroatoms. The van der Waals surface area contributed by atoms with Crippen molar-refractivity contribution >= 4 is 0 Å². The molecular formula is C6H8N2O2. The van der Waals surface area contributed by atoms with Gasteiger partial charge < -0.3 is 4.84 Å². The van der Waals surface area contributed by atoms with Crippen molar-refractivity contribution in [2.24, 2.45) is 5.84 Å². The summed E-state index contributed by atoms with van der Waals surface area (Å²) in [7, 11) is 0. The number of nitrogens with two attached hydrogens (primary N) is 1. The van der Waals surface area contributed by atoms with Crippen LogP contribution in [0.4, 0.5) is 0 Å². The zero-order chi connectivity index (χ0) is 7.40. The first-order chi connectivity index (χ1) is 4.79. The molecular weight excluding hydrogens is 132 g/mol. The molecule has 0 aliphatic heterocycles. The lowest BCUT2D eigenvalue weighted by atomic mass is 10.3. The van der Waals surface area contributed by atoms with E-state index in [9.17, 15) is 0 Å². The van der Waals surface area contributed by atoms with E-state index in [1.807, 2.05) is 6.07 Å². The number of nitrogens with zero attached hydrogens (tertiary/aromatic N) is 1. The second-order valence-electron chi connectivity index (χ2n) is 1.71. The molecule has 3 N–H and O–H groups in total. The lowest BCUT2D eigenvalue weighted by Gasteiger charge is -2.07. The number of para-hydroxylation sites is 1. The molecule has 1 rings (SSSR count). The largest absolute Gasteiger partial charge is 0.366 e. The molecule has 1 aromatic carbocycles. The van der Waals surface area contributed by atoms with Gasteiger partial charge >= 0.3 is 0 Å². The van der Waals surface area contributed by atoms with Crippen LogP contribution in [0.2, 0.25) is 0 Å². The molecule has 0 aromatic heterocycles. The highest BCUT2D eigenvalue weighted by molar-refractivity contribution is 5.20. The van der Waals surface area contributed by atoms with E-state index in [4.69, 9.17) is 11.0 Å². The van der Waals surface area contributed by atoms with E-state index < -0.39 is 0 Å². The summed E-state index contributed by atoms with van der Waals surface area (Å²) in [5.74, 6) is 5.28. The van der Waals surface area contributed by atoms with Crippen molar-refractivity contribution in [3.8, 4) is 5.75 Å². The van der Waals surface area contributed by atoms with Crippen molar-refractivity contribution in [3.63, 3.8) is 0 Å². The van der Waals surface area contributed by atoms with Crippen LogP contribution < -0.4 is 10.7 Å². The average Bonchev–Trinajstić information content (AvgIpc) is 1.88. The molecule has 0 bridgehead atoms. The van der Waals surface area contributed by atoms with E-state index in [0.717, 1.165) is 0 Å². The van der Waals surface area contributed by atoms with E-state index in [0.29, 0.717) is 5.75 Å². The van der Waals surface area contributed by atoms with Crippen LogP contribution in [0.3, 0.4) is 0 Å². The Kier molecular flexibility index (Phi) is 2.22. The van der Waals surface area contributed by atoms with Crippen LogP contribution in [0.5, 0.6) is 5.75 Å². The summed E-state index contributed by atoms with van der Waals surface area (Å²) in [6.45, 7) is 0. The Balaban J connectivity index is 2.59. The highest BCUT2D eigenvalue weighted by Gasteiger charge is 1.92. The molecule has 0 aliphatic carbocycles. The minimum atomic E-state index is 0.162. The van der Waals surface area contributed by atoms with Crippen molar-refractivity contribution in [1.82, 2.24) is 5.34 Å². The quantitative estimate of drug-likeness (QED) is 0.465. The highest BCUT2D eigenvalue weighted by atomic mass is 16.9. The molecule has 0 heterocycles. The second-order valence-corrected chi connectivity index (χ2v) is 1.71.